The average Bonchev–Trinajstić information content (AvgIpc) is 2.68. The summed E-state index contributed by atoms with van der Waals surface area (Å²) >= 11 is 0. The van der Waals surface area contributed by atoms with Crippen LogP contribution in [0.2, 0.25) is 0 Å². The van der Waals surface area contributed by atoms with E-state index in [9.17, 15) is 9.59 Å². The highest BCUT2D eigenvalue weighted by atomic mass is 16.5. The molecule has 26 heavy (non-hydrogen) atoms. The quantitative estimate of drug-likeness (QED) is 0.850. The van der Waals surface area contributed by atoms with Crippen LogP contribution in [0.3, 0.4) is 0 Å². The van der Waals surface area contributed by atoms with Crippen LogP contribution in [0.1, 0.15) is 40.6 Å². The summed E-state index contributed by atoms with van der Waals surface area (Å²) in [6.07, 6.45) is 3.87. The van der Waals surface area contributed by atoms with E-state index in [1.165, 1.54) is 13.5 Å². The van der Waals surface area contributed by atoms with Crippen LogP contribution in [-0.2, 0) is 4.74 Å². The molecule has 0 bridgehead atoms. The van der Waals surface area contributed by atoms with Gasteiger partial charge in [-0.1, -0.05) is 19.1 Å². The van der Waals surface area contributed by atoms with Crippen molar-refractivity contribution in [2.24, 2.45) is 5.92 Å². The van der Waals surface area contributed by atoms with Crippen molar-refractivity contribution in [3.8, 4) is 0 Å². The van der Waals surface area contributed by atoms with Gasteiger partial charge in [0, 0.05) is 19.3 Å². The zero-order chi connectivity index (χ0) is 18.5. The number of esters is 1. The standard InChI is InChI=1S/C19H22N4O3/c1-13-6-5-11-23(12-13)19-20-10-9-16(22-19)17(24)21-15-8-4-3-7-14(15)18(25)26-2/h3-4,7-10,13H,5-6,11-12H2,1-2H3,(H,21,24). The molecule has 2 aromatic rings. The maximum absolute atomic E-state index is 12.6. The zero-order valence-corrected chi connectivity index (χ0v) is 14.9. The van der Waals surface area contributed by atoms with Crippen LogP contribution in [0, 0.1) is 5.92 Å². The zero-order valence-electron chi connectivity index (χ0n) is 14.9. The van der Waals surface area contributed by atoms with Gasteiger partial charge in [-0.15, -0.1) is 0 Å². The maximum atomic E-state index is 12.6. The molecule has 7 heteroatoms. The van der Waals surface area contributed by atoms with Crippen molar-refractivity contribution in [2.75, 3.05) is 30.4 Å². The first-order chi connectivity index (χ1) is 12.6. The minimum Gasteiger partial charge on any atom is -0.465 e. The second kappa shape index (κ2) is 7.95. The summed E-state index contributed by atoms with van der Waals surface area (Å²) in [5.74, 6) is 0.240. The first-order valence-corrected chi connectivity index (χ1v) is 8.65. The van der Waals surface area contributed by atoms with Crippen LogP contribution in [0.5, 0.6) is 0 Å². The number of hydrogen-bond donors (Lipinski definition) is 1. The molecule has 1 fully saturated rings. The SMILES string of the molecule is COC(=O)c1ccccc1NC(=O)c1ccnc(N2CCCC(C)C2)n1. The second-order valence-electron chi connectivity index (χ2n) is 6.43. The molecular weight excluding hydrogens is 332 g/mol. The monoisotopic (exact) mass is 354 g/mol. The summed E-state index contributed by atoms with van der Waals surface area (Å²) in [6, 6.07) is 8.26. The lowest BCUT2D eigenvalue weighted by Gasteiger charge is -2.30. The van der Waals surface area contributed by atoms with E-state index in [2.05, 4.69) is 27.1 Å². The molecule has 1 aliphatic heterocycles. The highest BCUT2D eigenvalue weighted by Gasteiger charge is 2.20. The predicted molar refractivity (Wildman–Crippen MR) is 98.4 cm³/mol. The number of anilines is 2. The van der Waals surface area contributed by atoms with Gasteiger partial charge in [0.2, 0.25) is 5.95 Å². The van der Waals surface area contributed by atoms with Gasteiger partial charge in [0.25, 0.3) is 5.91 Å². The molecule has 1 aromatic heterocycles. The van der Waals surface area contributed by atoms with Crippen molar-refractivity contribution in [1.82, 2.24) is 9.97 Å². The molecule has 1 N–H and O–H groups in total. The minimum atomic E-state index is -0.508. The Morgan fingerprint density at radius 3 is 2.85 bits per heavy atom. The van der Waals surface area contributed by atoms with Crippen LogP contribution >= 0.6 is 0 Å². The number of benzene rings is 1. The Hall–Kier alpha value is -2.96. The van der Waals surface area contributed by atoms with Gasteiger partial charge in [-0.25, -0.2) is 14.8 Å². The number of nitrogens with zero attached hydrogens (tertiary/aromatic N) is 3. The second-order valence-corrected chi connectivity index (χ2v) is 6.43. The van der Waals surface area contributed by atoms with E-state index < -0.39 is 11.9 Å². The fourth-order valence-electron chi connectivity index (χ4n) is 3.06. The van der Waals surface area contributed by atoms with Crippen molar-refractivity contribution in [3.05, 3.63) is 47.8 Å². The van der Waals surface area contributed by atoms with Crippen molar-refractivity contribution in [3.63, 3.8) is 0 Å². The third-order valence-electron chi connectivity index (χ3n) is 4.40. The van der Waals surface area contributed by atoms with E-state index in [1.54, 1.807) is 36.5 Å². The van der Waals surface area contributed by atoms with Gasteiger partial charge < -0.3 is 15.0 Å². The lowest BCUT2D eigenvalue weighted by Crippen LogP contribution is -2.35. The van der Waals surface area contributed by atoms with Crippen molar-refractivity contribution in [2.45, 2.75) is 19.8 Å². The number of hydrogen-bond acceptors (Lipinski definition) is 6. The number of rotatable bonds is 4. The topological polar surface area (TPSA) is 84.4 Å². The Kier molecular flexibility index (Phi) is 5.46. The molecule has 0 radical (unpaired) electrons. The molecule has 1 saturated heterocycles. The van der Waals surface area contributed by atoms with Crippen molar-refractivity contribution >= 4 is 23.5 Å². The summed E-state index contributed by atoms with van der Waals surface area (Å²) < 4.78 is 4.75. The van der Waals surface area contributed by atoms with Gasteiger partial charge in [-0.05, 0) is 37.0 Å². The third kappa shape index (κ3) is 3.99. The molecule has 1 amide bonds. The smallest absolute Gasteiger partial charge is 0.339 e. The fraction of sp³-hybridized carbons (Fsp3) is 0.368. The van der Waals surface area contributed by atoms with Gasteiger partial charge in [0.15, 0.2) is 0 Å². The molecule has 3 rings (SSSR count). The number of nitrogens with one attached hydrogen (secondary N) is 1. The highest BCUT2D eigenvalue weighted by molar-refractivity contribution is 6.07. The van der Waals surface area contributed by atoms with Gasteiger partial charge in [0.1, 0.15) is 5.69 Å². The van der Waals surface area contributed by atoms with Crippen LogP contribution in [0.15, 0.2) is 36.5 Å². The Morgan fingerprint density at radius 2 is 2.08 bits per heavy atom. The lowest BCUT2D eigenvalue weighted by atomic mass is 10.0. The molecule has 2 heterocycles. The molecule has 0 saturated carbocycles. The van der Waals surface area contributed by atoms with Gasteiger partial charge in [-0.3, -0.25) is 4.79 Å². The number of aromatic nitrogens is 2. The Morgan fingerprint density at radius 1 is 1.27 bits per heavy atom. The van der Waals surface area contributed by atoms with E-state index in [-0.39, 0.29) is 5.69 Å². The molecular formula is C19H22N4O3. The molecule has 0 aliphatic carbocycles. The molecule has 1 aromatic carbocycles. The lowest BCUT2D eigenvalue weighted by molar-refractivity contribution is 0.0602. The normalized spacial score (nSPS) is 16.8. The van der Waals surface area contributed by atoms with Crippen LogP contribution in [0.4, 0.5) is 11.6 Å². The molecule has 7 nitrogen and oxygen atoms in total. The average molecular weight is 354 g/mol. The first-order valence-electron chi connectivity index (χ1n) is 8.65. The maximum Gasteiger partial charge on any atom is 0.339 e. The van der Waals surface area contributed by atoms with Gasteiger partial charge >= 0.3 is 5.97 Å². The Bertz CT molecular complexity index is 809. The van der Waals surface area contributed by atoms with E-state index in [0.29, 0.717) is 23.1 Å². The number of amides is 1. The molecule has 136 valence electrons. The largest absolute Gasteiger partial charge is 0.465 e. The minimum absolute atomic E-state index is 0.257. The van der Waals surface area contributed by atoms with Crippen LogP contribution in [0.25, 0.3) is 0 Å². The molecule has 1 atom stereocenters. The third-order valence-corrected chi connectivity index (χ3v) is 4.40. The number of methoxy groups -OCH3 is 1. The summed E-state index contributed by atoms with van der Waals surface area (Å²) in [6.45, 7) is 3.98. The van der Waals surface area contributed by atoms with E-state index >= 15 is 0 Å². The van der Waals surface area contributed by atoms with Gasteiger partial charge in [-0.2, -0.15) is 0 Å². The number of para-hydroxylation sites is 1. The van der Waals surface area contributed by atoms with Crippen LogP contribution in [-0.4, -0.2) is 42.0 Å². The number of carbonyl (C=O) groups excluding carboxylic acids is 2. The first kappa shape index (κ1) is 17.8. The molecule has 1 unspecified atom stereocenters. The Balaban J connectivity index is 1.79. The van der Waals surface area contributed by atoms with E-state index in [0.717, 1.165) is 19.5 Å². The summed E-state index contributed by atoms with van der Waals surface area (Å²) in [5, 5.41) is 2.73. The molecule has 0 spiro atoms. The number of ether oxygens (including phenoxy) is 1. The summed E-state index contributed by atoms with van der Waals surface area (Å²) in [4.78, 5) is 35.3. The van der Waals surface area contributed by atoms with E-state index in [1.807, 2.05) is 0 Å². The Labute approximate surface area is 152 Å². The van der Waals surface area contributed by atoms with Crippen LogP contribution < -0.4 is 10.2 Å². The van der Waals surface area contributed by atoms with Gasteiger partial charge in [0.05, 0.1) is 18.4 Å². The number of piperidine rings is 1. The number of carbonyl (C=O) groups is 2. The highest BCUT2D eigenvalue weighted by Crippen LogP contribution is 2.20. The van der Waals surface area contributed by atoms with E-state index in [4.69, 9.17) is 4.74 Å². The molecule has 1 aliphatic rings. The predicted octanol–water partition coefficient (Wildman–Crippen LogP) is 2.75. The fourth-order valence-corrected chi connectivity index (χ4v) is 3.06. The van der Waals surface area contributed by atoms with Crippen molar-refractivity contribution < 1.29 is 14.3 Å². The summed E-state index contributed by atoms with van der Waals surface area (Å²) in [7, 11) is 1.30. The van der Waals surface area contributed by atoms with Crippen molar-refractivity contribution in [1.29, 1.82) is 0 Å². The summed E-state index contributed by atoms with van der Waals surface area (Å²) in [5.41, 5.74) is 0.937.